The largest absolute Gasteiger partial charge is 0.254 e. The predicted octanol–water partition coefficient (Wildman–Crippen LogP) is 6.70. The van der Waals surface area contributed by atoms with Gasteiger partial charge in [-0.05, 0) is 48.5 Å². The average Bonchev–Trinajstić information content (AvgIpc) is 3.44. The fraction of sp³-hybridized carbons (Fsp3) is 0. The summed E-state index contributed by atoms with van der Waals surface area (Å²) in [5.74, 6) is 0. The summed E-state index contributed by atoms with van der Waals surface area (Å²) in [6.45, 7) is 0. The van der Waals surface area contributed by atoms with Crippen LogP contribution in [0.3, 0.4) is 0 Å². The smallest absolute Gasteiger partial charge is 0.126 e. The molecular formula is C24H14N4S2. The molecule has 6 aromatic rings. The molecule has 0 aliphatic heterocycles. The molecule has 4 nitrogen and oxygen atoms in total. The Labute approximate surface area is 180 Å². The van der Waals surface area contributed by atoms with Crippen molar-refractivity contribution in [2.45, 2.75) is 0 Å². The van der Waals surface area contributed by atoms with Crippen LogP contribution in [-0.2, 0) is 0 Å². The lowest BCUT2D eigenvalue weighted by molar-refractivity contribution is 1.24. The van der Waals surface area contributed by atoms with Crippen LogP contribution >= 0.6 is 22.7 Å². The highest BCUT2D eigenvalue weighted by Gasteiger charge is 2.09. The van der Waals surface area contributed by atoms with Crippen LogP contribution in [0.25, 0.3) is 53.0 Å². The molecule has 0 radical (unpaired) electrons. The third-order valence-electron chi connectivity index (χ3n) is 4.87. The zero-order valence-electron chi connectivity index (χ0n) is 15.7. The van der Waals surface area contributed by atoms with Crippen LogP contribution < -0.4 is 0 Å². The van der Waals surface area contributed by atoms with E-state index in [0.717, 1.165) is 43.6 Å². The fourth-order valence-corrected chi connectivity index (χ4v) is 5.25. The highest BCUT2D eigenvalue weighted by Crippen LogP contribution is 2.32. The minimum atomic E-state index is 0.843. The lowest BCUT2D eigenvalue weighted by Gasteiger charge is -2.02. The van der Waals surface area contributed by atoms with Gasteiger partial charge in [0.25, 0.3) is 0 Å². The highest BCUT2D eigenvalue weighted by atomic mass is 32.1. The second-order valence-corrected chi connectivity index (χ2v) is 8.90. The van der Waals surface area contributed by atoms with Gasteiger partial charge < -0.3 is 0 Å². The molecule has 0 fully saturated rings. The zero-order valence-corrected chi connectivity index (χ0v) is 17.3. The van der Waals surface area contributed by atoms with Gasteiger partial charge in [0.15, 0.2) is 0 Å². The molecule has 0 unspecified atom stereocenters. The topological polar surface area (TPSA) is 51.6 Å². The molecule has 0 bridgehead atoms. The Morgan fingerprint density at radius 1 is 0.500 bits per heavy atom. The van der Waals surface area contributed by atoms with E-state index in [2.05, 4.69) is 34.2 Å². The van der Waals surface area contributed by atoms with Crippen LogP contribution in [0.15, 0.2) is 85.2 Å². The molecule has 0 aliphatic rings. The maximum absolute atomic E-state index is 4.71. The number of benzene rings is 2. The minimum Gasteiger partial charge on any atom is -0.254 e. The monoisotopic (exact) mass is 422 g/mol. The van der Waals surface area contributed by atoms with Gasteiger partial charge in [0.2, 0.25) is 0 Å². The molecule has 0 atom stereocenters. The van der Waals surface area contributed by atoms with Gasteiger partial charge >= 0.3 is 0 Å². The van der Waals surface area contributed by atoms with Crippen LogP contribution in [0.2, 0.25) is 0 Å². The van der Waals surface area contributed by atoms with Crippen LogP contribution in [0.1, 0.15) is 0 Å². The summed E-state index contributed by atoms with van der Waals surface area (Å²) >= 11 is 3.36. The highest BCUT2D eigenvalue weighted by molar-refractivity contribution is 7.22. The molecule has 142 valence electrons. The Kier molecular flexibility index (Phi) is 4.11. The standard InChI is InChI=1S/C24H14N4S2/c1-3-7-21-19(5-1)27-23(29-21)15-9-11-17(25-13-15)18-12-10-16(14-26-18)24-28-20-6-2-4-8-22(20)30-24/h1-14H. The van der Waals surface area contributed by atoms with Crippen LogP contribution in [0.4, 0.5) is 0 Å². The molecule has 4 heterocycles. The van der Waals surface area contributed by atoms with E-state index in [1.165, 1.54) is 9.40 Å². The number of fused-ring (bicyclic) bond motifs is 2. The second-order valence-electron chi connectivity index (χ2n) is 6.84. The van der Waals surface area contributed by atoms with Crippen molar-refractivity contribution in [2.75, 3.05) is 0 Å². The molecule has 4 aromatic heterocycles. The van der Waals surface area contributed by atoms with Gasteiger partial charge in [0.05, 0.1) is 31.8 Å². The van der Waals surface area contributed by atoms with Crippen molar-refractivity contribution in [2.24, 2.45) is 0 Å². The molecule has 0 amide bonds. The lowest BCUT2D eigenvalue weighted by atomic mass is 10.2. The predicted molar refractivity (Wildman–Crippen MR) is 125 cm³/mol. The first kappa shape index (κ1) is 17.4. The number of nitrogens with zero attached hydrogens (tertiary/aromatic N) is 4. The number of rotatable bonds is 3. The number of hydrogen-bond acceptors (Lipinski definition) is 6. The maximum Gasteiger partial charge on any atom is 0.126 e. The fourth-order valence-electron chi connectivity index (χ4n) is 3.34. The van der Waals surface area contributed by atoms with Gasteiger partial charge in [-0.1, -0.05) is 24.3 Å². The molecule has 0 spiro atoms. The van der Waals surface area contributed by atoms with E-state index >= 15 is 0 Å². The van der Waals surface area contributed by atoms with Crippen LogP contribution in [-0.4, -0.2) is 19.9 Å². The molecule has 0 N–H and O–H groups in total. The summed E-state index contributed by atoms with van der Waals surface area (Å²) in [5.41, 5.74) is 5.77. The first-order valence-electron chi connectivity index (χ1n) is 9.48. The first-order valence-corrected chi connectivity index (χ1v) is 11.1. The van der Waals surface area contributed by atoms with E-state index in [0.29, 0.717) is 0 Å². The van der Waals surface area contributed by atoms with E-state index < -0.39 is 0 Å². The SMILES string of the molecule is c1ccc2sc(-c3ccc(-c4ccc(-c5nc6ccccc6s5)cn4)nc3)nc2c1. The van der Waals surface area contributed by atoms with Gasteiger partial charge in [0.1, 0.15) is 10.0 Å². The van der Waals surface area contributed by atoms with Gasteiger partial charge in [-0.3, -0.25) is 9.97 Å². The van der Waals surface area contributed by atoms with Crippen molar-refractivity contribution in [3.05, 3.63) is 85.2 Å². The van der Waals surface area contributed by atoms with Crippen molar-refractivity contribution >= 4 is 43.1 Å². The molecule has 30 heavy (non-hydrogen) atoms. The normalized spacial score (nSPS) is 11.3. The second kappa shape index (κ2) is 7.09. The van der Waals surface area contributed by atoms with E-state index in [4.69, 9.17) is 9.97 Å². The minimum absolute atomic E-state index is 0.843. The van der Waals surface area contributed by atoms with Gasteiger partial charge in [-0.15, -0.1) is 22.7 Å². The number of pyridine rings is 2. The van der Waals surface area contributed by atoms with Crippen LogP contribution in [0.5, 0.6) is 0 Å². The first-order chi connectivity index (χ1) is 14.8. The van der Waals surface area contributed by atoms with E-state index in [9.17, 15) is 0 Å². The molecule has 6 heteroatoms. The third kappa shape index (κ3) is 3.07. The quantitative estimate of drug-likeness (QED) is 0.318. The van der Waals surface area contributed by atoms with E-state index in [1.807, 2.05) is 60.9 Å². The summed E-state index contributed by atoms with van der Waals surface area (Å²) in [6.07, 6.45) is 3.74. The zero-order chi connectivity index (χ0) is 19.9. The number of hydrogen-bond donors (Lipinski definition) is 0. The van der Waals surface area contributed by atoms with Gasteiger partial charge in [-0.2, -0.15) is 0 Å². The Balaban J connectivity index is 1.28. The number of aromatic nitrogens is 4. The van der Waals surface area contributed by atoms with Crippen molar-refractivity contribution in [3.8, 4) is 32.5 Å². The Morgan fingerprint density at radius 2 is 0.967 bits per heavy atom. The number of para-hydroxylation sites is 2. The Bertz CT molecular complexity index is 1300. The lowest BCUT2D eigenvalue weighted by Crippen LogP contribution is -1.88. The number of thiazole rings is 2. The third-order valence-corrected chi connectivity index (χ3v) is 7.04. The van der Waals surface area contributed by atoms with Gasteiger partial charge in [-0.25, -0.2) is 9.97 Å². The van der Waals surface area contributed by atoms with E-state index in [-0.39, 0.29) is 0 Å². The van der Waals surface area contributed by atoms with Crippen molar-refractivity contribution < 1.29 is 0 Å². The van der Waals surface area contributed by atoms with Gasteiger partial charge in [0, 0.05) is 23.5 Å². The van der Waals surface area contributed by atoms with E-state index in [1.54, 1.807) is 22.7 Å². The molecule has 0 saturated heterocycles. The maximum atomic E-state index is 4.71. The van der Waals surface area contributed by atoms with Crippen LogP contribution in [0, 0.1) is 0 Å². The summed E-state index contributed by atoms with van der Waals surface area (Å²) in [4.78, 5) is 18.7. The molecular weight excluding hydrogens is 408 g/mol. The summed E-state index contributed by atoms with van der Waals surface area (Å²) in [6, 6.07) is 24.5. The Hall–Kier alpha value is -3.48. The average molecular weight is 423 g/mol. The Morgan fingerprint density at radius 3 is 1.37 bits per heavy atom. The molecule has 0 aliphatic carbocycles. The van der Waals surface area contributed by atoms with Crippen molar-refractivity contribution in [3.63, 3.8) is 0 Å². The summed E-state index contributed by atoms with van der Waals surface area (Å²) in [7, 11) is 0. The van der Waals surface area contributed by atoms with Crippen molar-refractivity contribution in [1.29, 1.82) is 0 Å². The molecule has 0 saturated carbocycles. The molecule has 2 aromatic carbocycles. The summed E-state index contributed by atoms with van der Waals surface area (Å²) in [5, 5.41) is 1.96. The summed E-state index contributed by atoms with van der Waals surface area (Å²) < 4.78 is 2.37. The van der Waals surface area contributed by atoms with Crippen molar-refractivity contribution in [1.82, 2.24) is 19.9 Å². The molecule has 6 rings (SSSR count).